The molecule has 0 radical (unpaired) electrons. The fourth-order valence-electron chi connectivity index (χ4n) is 4.05. The smallest absolute Gasteiger partial charge is 0.242 e. The molecule has 39 heavy (non-hydrogen) atoms. The van der Waals surface area contributed by atoms with E-state index in [4.69, 9.17) is 5.11 Å². The number of aryl methyl sites for hydroxylation is 2. The van der Waals surface area contributed by atoms with Crippen LogP contribution in [0.3, 0.4) is 0 Å². The van der Waals surface area contributed by atoms with Crippen LogP contribution in [0.2, 0.25) is 0 Å². The SMILES string of the molecule is CC.CCCCc1ccc(NC(=O)[C@H](Cc2c[nH]c3ccccc23)NS(=O)(=O)c2ccc(C)cc2)cc1.CO. The highest BCUT2D eigenvalue weighted by Gasteiger charge is 2.27. The van der Waals surface area contributed by atoms with E-state index in [0.29, 0.717) is 5.69 Å². The van der Waals surface area contributed by atoms with Gasteiger partial charge >= 0.3 is 0 Å². The Morgan fingerprint density at radius 3 is 2.23 bits per heavy atom. The molecule has 0 bridgehead atoms. The van der Waals surface area contributed by atoms with Crippen LogP contribution in [0, 0.1) is 6.92 Å². The van der Waals surface area contributed by atoms with Crippen LogP contribution in [0.25, 0.3) is 10.9 Å². The largest absolute Gasteiger partial charge is 0.400 e. The van der Waals surface area contributed by atoms with Gasteiger partial charge in [0.05, 0.1) is 4.90 Å². The first kappa shape index (κ1) is 31.8. The minimum absolute atomic E-state index is 0.125. The summed E-state index contributed by atoms with van der Waals surface area (Å²) in [5.41, 5.74) is 4.60. The van der Waals surface area contributed by atoms with Crippen LogP contribution < -0.4 is 10.0 Å². The highest BCUT2D eigenvalue weighted by Crippen LogP contribution is 2.21. The van der Waals surface area contributed by atoms with Crippen LogP contribution in [0.15, 0.2) is 83.9 Å². The molecule has 0 fully saturated rings. The molecular weight excluding hydrogens is 510 g/mol. The van der Waals surface area contributed by atoms with E-state index >= 15 is 0 Å². The van der Waals surface area contributed by atoms with Crippen molar-refractivity contribution in [2.24, 2.45) is 0 Å². The van der Waals surface area contributed by atoms with Gasteiger partial charge in [-0.05, 0) is 67.6 Å². The number of sulfonamides is 1. The predicted molar refractivity (Wildman–Crippen MR) is 160 cm³/mol. The molecule has 4 rings (SSSR count). The van der Waals surface area contributed by atoms with Crippen molar-refractivity contribution in [1.82, 2.24) is 9.71 Å². The fourth-order valence-corrected chi connectivity index (χ4v) is 5.24. The molecule has 1 amide bonds. The molecule has 1 heterocycles. The minimum Gasteiger partial charge on any atom is -0.400 e. The third-order valence-corrected chi connectivity index (χ3v) is 7.57. The lowest BCUT2D eigenvalue weighted by Gasteiger charge is -2.19. The number of rotatable bonds is 10. The zero-order valence-electron chi connectivity index (χ0n) is 23.5. The maximum Gasteiger partial charge on any atom is 0.242 e. The number of aromatic nitrogens is 1. The minimum atomic E-state index is -3.91. The second-order valence-electron chi connectivity index (χ2n) is 8.84. The van der Waals surface area contributed by atoms with Crippen molar-refractivity contribution in [3.05, 3.63) is 95.7 Å². The van der Waals surface area contributed by atoms with E-state index in [1.165, 1.54) is 5.56 Å². The van der Waals surface area contributed by atoms with Gasteiger partial charge in [-0.25, -0.2) is 8.42 Å². The van der Waals surface area contributed by atoms with E-state index < -0.39 is 22.0 Å². The second-order valence-corrected chi connectivity index (χ2v) is 10.6. The number of H-pyrrole nitrogens is 1. The van der Waals surface area contributed by atoms with E-state index in [1.54, 1.807) is 24.3 Å². The molecule has 8 heteroatoms. The third kappa shape index (κ3) is 9.06. The number of amides is 1. The van der Waals surface area contributed by atoms with Crippen LogP contribution in [-0.2, 0) is 27.7 Å². The highest BCUT2D eigenvalue weighted by molar-refractivity contribution is 7.89. The van der Waals surface area contributed by atoms with Gasteiger partial charge in [0.15, 0.2) is 0 Å². The maximum atomic E-state index is 13.3. The number of carbonyl (C=O) groups is 1. The Kier molecular flexibility index (Phi) is 12.9. The molecule has 0 unspecified atom stereocenters. The van der Waals surface area contributed by atoms with Crippen LogP contribution in [0.5, 0.6) is 0 Å². The number of benzene rings is 3. The van der Waals surface area contributed by atoms with Crippen molar-refractivity contribution >= 4 is 32.5 Å². The Labute approximate surface area is 232 Å². The van der Waals surface area contributed by atoms with Gasteiger partial charge in [-0.2, -0.15) is 4.72 Å². The van der Waals surface area contributed by atoms with Gasteiger partial charge in [-0.15, -0.1) is 0 Å². The van der Waals surface area contributed by atoms with Crippen LogP contribution >= 0.6 is 0 Å². The number of hydrogen-bond acceptors (Lipinski definition) is 4. The molecule has 210 valence electrons. The van der Waals surface area contributed by atoms with Crippen molar-refractivity contribution in [2.75, 3.05) is 12.4 Å². The van der Waals surface area contributed by atoms with Crippen molar-refractivity contribution in [3.8, 4) is 0 Å². The summed E-state index contributed by atoms with van der Waals surface area (Å²) in [6, 6.07) is 21.0. The number of fused-ring (bicyclic) bond motifs is 1. The average Bonchev–Trinajstić information content (AvgIpc) is 3.37. The van der Waals surface area contributed by atoms with E-state index in [-0.39, 0.29) is 11.3 Å². The summed E-state index contributed by atoms with van der Waals surface area (Å²) >= 11 is 0. The molecule has 0 aliphatic carbocycles. The van der Waals surface area contributed by atoms with Crippen LogP contribution in [0.1, 0.15) is 50.3 Å². The van der Waals surface area contributed by atoms with Crippen molar-refractivity contribution in [1.29, 1.82) is 0 Å². The second kappa shape index (κ2) is 15.8. The molecule has 7 nitrogen and oxygen atoms in total. The van der Waals surface area contributed by atoms with Gasteiger partial charge in [0.2, 0.25) is 15.9 Å². The normalized spacial score (nSPS) is 11.5. The summed E-state index contributed by atoms with van der Waals surface area (Å²) in [7, 11) is -2.91. The Balaban J connectivity index is 0.00000127. The summed E-state index contributed by atoms with van der Waals surface area (Å²) in [4.78, 5) is 16.7. The van der Waals surface area contributed by atoms with Crippen LogP contribution in [-0.4, -0.2) is 37.6 Å². The highest BCUT2D eigenvalue weighted by atomic mass is 32.2. The average molecular weight is 552 g/mol. The summed E-state index contributed by atoms with van der Waals surface area (Å²) < 4.78 is 28.9. The third-order valence-electron chi connectivity index (χ3n) is 6.08. The maximum absolute atomic E-state index is 13.3. The molecule has 0 saturated heterocycles. The monoisotopic (exact) mass is 551 g/mol. The lowest BCUT2D eigenvalue weighted by Crippen LogP contribution is -2.45. The Morgan fingerprint density at radius 2 is 1.59 bits per heavy atom. The summed E-state index contributed by atoms with van der Waals surface area (Å²) in [5.74, 6) is -0.410. The molecular formula is C31H41N3O4S. The van der Waals surface area contributed by atoms with Crippen molar-refractivity contribution in [2.45, 2.75) is 64.3 Å². The van der Waals surface area contributed by atoms with Gasteiger partial charge < -0.3 is 15.4 Å². The predicted octanol–water partition coefficient (Wildman–Crippen LogP) is 5.98. The number of aliphatic hydroxyl groups is 1. The van der Waals surface area contributed by atoms with Gasteiger partial charge in [0, 0.05) is 29.9 Å². The number of aliphatic hydroxyl groups excluding tert-OH is 1. The first-order valence-electron chi connectivity index (χ1n) is 13.3. The Hall–Kier alpha value is -3.46. The first-order chi connectivity index (χ1) is 18.9. The van der Waals surface area contributed by atoms with Gasteiger partial charge in [0.1, 0.15) is 6.04 Å². The molecule has 1 atom stereocenters. The summed E-state index contributed by atoms with van der Waals surface area (Å²) in [6.45, 7) is 8.05. The zero-order valence-corrected chi connectivity index (χ0v) is 24.3. The lowest BCUT2D eigenvalue weighted by molar-refractivity contribution is -0.117. The van der Waals surface area contributed by atoms with Crippen molar-refractivity contribution in [3.63, 3.8) is 0 Å². The molecule has 1 aromatic heterocycles. The summed E-state index contributed by atoms with van der Waals surface area (Å²) in [5, 5.41) is 10.9. The molecule has 0 spiro atoms. The molecule has 4 aromatic rings. The van der Waals surface area contributed by atoms with Gasteiger partial charge in [0.25, 0.3) is 0 Å². The number of para-hydroxylation sites is 1. The van der Waals surface area contributed by atoms with Crippen molar-refractivity contribution < 1.29 is 18.3 Å². The number of nitrogens with one attached hydrogen (secondary N) is 3. The summed E-state index contributed by atoms with van der Waals surface area (Å²) in [6.07, 6.45) is 5.25. The molecule has 3 aromatic carbocycles. The zero-order chi connectivity index (χ0) is 28.8. The molecule has 4 N–H and O–H groups in total. The number of anilines is 1. The Morgan fingerprint density at radius 1 is 0.949 bits per heavy atom. The molecule has 0 aliphatic heterocycles. The van der Waals surface area contributed by atoms with Crippen LogP contribution in [0.4, 0.5) is 5.69 Å². The fraction of sp³-hybridized carbons (Fsp3) is 0.323. The number of aromatic amines is 1. The van der Waals surface area contributed by atoms with Gasteiger partial charge in [-0.3, -0.25) is 4.79 Å². The topological polar surface area (TPSA) is 111 Å². The number of unbranched alkanes of at least 4 members (excludes halogenated alkanes) is 1. The van der Waals surface area contributed by atoms with Gasteiger partial charge in [-0.1, -0.05) is 75.2 Å². The quantitative estimate of drug-likeness (QED) is 0.194. The first-order valence-corrected chi connectivity index (χ1v) is 14.8. The van der Waals surface area contributed by atoms with E-state index in [0.717, 1.165) is 48.4 Å². The molecule has 0 saturated carbocycles. The van der Waals surface area contributed by atoms with E-state index in [2.05, 4.69) is 21.9 Å². The standard InChI is InChI=1S/C28H31N3O3S.C2H6.CH4O/c1-3-4-7-21-12-14-23(15-13-21)30-28(32)27(18-22-19-29-26-9-6-5-8-25(22)26)31-35(33,34)24-16-10-20(2)11-17-24;2*1-2/h5-6,8-17,19,27,29,31H,3-4,7,18H2,1-2H3,(H,30,32);1-2H3;2H,1H3/t27-;;/m0../s1. The number of carbonyl (C=O) groups excluding carboxylic acids is 1. The van der Waals surface area contributed by atoms with E-state index in [1.807, 2.05) is 75.5 Å². The lowest BCUT2D eigenvalue weighted by atomic mass is 10.0. The Bertz CT molecular complexity index is 1400. The molecule has 0 aliphatic rings. The number of hydrogen-bond donors (Lipinski definition) is 4. The van der Waals surface area contributed by atoms with E-state index in [9.17, 15) is 13.2 Å².